The fraction of sp³-hybridized carbons (Fsp3) is 0.182. The van der Waals surface area contributed by atoms with Gasteiger partial charge in [-0.3, -0.25) is 4.79 Å². The Bertz CT molecular complexity index is 1380. The second kappa shape index (κ2) is 7.94. The number of nitrogens with zero attached hydrogens (tertiary/aromatic N) is 6. The molecule has 0 spiro atoms. The maximum atomic E-state index is 13.0. The molecule has 2 aromatic carbocycles. The second-order valence-electron chi connectivity index (χ2n) is 7.30. The highest BCUT2D eigenvalue weighted by Crippen LogP contribution is 2.30. The number of aromatic nitrogens is 8. The van der Waals surface area contributed by atoms with E-state index in [0.717, 1.165) is 40.8 Å². The number of aryl methyl sites for hydroxylation is 1. The van der Waals surface area contributed by atoms with Gasteiger partial charge in [-0.1, -0.05) is 61.9 Å². The number of benzene rings is 2. The van der Waals surface area contributed by atoms with Crippen LogP contribution >= 0.6 is 0 Å². The van der Waals surface area contributed by atoms with Crippen LogP contribution in [0.5, 0.6) is 0 Å². The van der Waals surface area contributed by atoms with Gasteiger partial charge in [0.05, 0.1) is 5.69 Å². The highest BCUT2D eigenvalue weighted by Gasteiger charge is 2.15. The number of fused-ring (bicyclic) bond motifs is 1. The lowest BCUT2D eigenvalue weighted by Crippen LogP contribution is -2.22. The van der Waals surface area contributed by atoms with Gasteiger partial charge in [-0.25, -0.2) is 14.5 Å². The van der Waals surface area contributed by atoms with E-state index < -0.39 is 0 Å². The molecule has 0 aliphatic heterocycles. The molecule has 0 saturated heterocycles. The van der Waals surface area contributed by atoms with Crippen LogP contribution in [0.3, 0.4) is 0 Å². The van der Waals surface area contributed by atoms with Crippen LogP contribution < -0.4 is 5.56 Å². The second-order valence-corrected chi connectivity index (χ2v) is 7.30. The van der Waals surface area contributed by atoms with Crippen molar-refractivity contribution in [1.29, 1.82) is 0 Å². The Labute approximate surface area is 177 Å². The number of aromatic amines is 2. The molecule has 9 nitrogen and oxygen atoms in total. The summed E-state index contributed by atoms with van der Waals surface area (Å²) in [6.45, 7) is 2.08. The highest BCUT2D eigenvalue weighted by molar-refractivity contribution is 5.80. The standard InChI is InChI=1S/C22H20N8O/c1-2-5-19-18(21(31)30-13-23-27-22(30)24-19)12-14-8-10-15(11-9-14)16-6-3-4-7-17(16)20-25-28-29-26-20/h3-4,6-11,13H,2,5,12H2,1H3,(H,24,27)(H,25,26,28,29). The molecule has 0 atom stereocenters. The fourth-order valence-electron chi connectivity index (χ4n) is 3.78. The normalized spacial score (nSPS) is 11.3. The zero-order valence-corrected chi connectivity index (χ0v) is 16.9. The van der Waals surface area contributed by atoms with Crippen molar-refractivity contribution in [2.75, 3.05) is 0 Å². The van der Waals surface area contributed by atoms with Crippen molar-refractivity contribution >= 4 is 5.78 Å². The predicted octanol–water partition coefficient (Wildman–Crippen LogP) is 2.81. The molecule has 0 aliphatic rings. The van der Waals surface area contributed by atoms with Crippen LogP contribution in [0.4, 0.5) is 0 Å². The van der Waals surface area contributed by atoms with E-state index >= 15 is 0 Å². The van der Waals surface area contributed by atoms with Gasteiger partial charge in [0.25, 0.3) is 5.56 Å². The average molecular weight is 412 g/mol. The Balaban J connectivity index is 1.50. The van der Waals surface area contributed by atoms with E-state index in [4.69, 9.17) is 0 Å². The Morgan fingerprint density at radius 1 is 1.03 bits per heavy atom. The van der Waals surface area contributed by atoms with E-state index in [1.807, 2.05) is 36.4 Å². The Kier molecular flexibility index (Phi) is 4.83. The highest BCUT2D eigenvalue weighted by atomic mass is 16.1. The van der Waals surface area contributed by atoms with E-state index in [9.17, 15) is 4.79 Å². The van der Waals surface area contributed by atoms with Crippen LogP contribution in [0.15, 0.2) is 59.7 Å². The number of hydrogen-bond donors (Lipinski definition) is 2. The van der Waals surface area contributed by atoms with E-state index in [0.29, 0.717) is 23.6 Å². The molecule has 5 rings (SSSR count). The molecule has 9 heteroatoms. The predicted molar refractivity (Wildman–Crippen MR) is 115 cm³/mol. The summed E-state index contributed by atoms with van der Waals surface area (Å²) < 4.78 is 1.46. The van der Waals surface area contributed by atoms with Gasteiger partial charge in [-0.15, -0.1) is 10.2 Å². The monoisotopic (exact) mass is 412 g/mol. The molecule has 31 heavy (non-hydrogen) atoms. The first kappa shape index (κ1) is 18.9. The molecule has 0 unspecified atom stereocenters. The zero-order chi connectivity index (χ0) is 21.2. The molecular weight excluding hydrogens is 392 g/mol. The summed E-state index contributed by atoms with van der Waals surface area (Å²) in [5.74, 6) is 1.03. The molecule has 0 fully saturated rings. The number of hydrogen-bond acceptors (Lipinski definition) is 6. The summed E-state index contributed by atoms with van der Waals surface area (Å²) in [6, 6.07) is 16.1. The number of rotatable bonds is 6. The van der Waals surface area contributed by atoms with Crippen molar-refractivity contribution in [1.82, 2.24) is 40.2 Å². The van der Waals surface area contributed by atoms with Gasteiger partial charge in [0.15, 0.2) is 0 Å². The quantitative estimate of drug-likeness (QED) is 0.443. The van der Waals surface area contributed by atoms with Gasteiger partial charge in [0.2, 0.25) is 11.6 Å². The molecule has 0 bridgehead atoms. The van der Waals surface area contributed by atoms with Gasteiger partial charge in [-0.2, -0.15) is 10.3 Å². The topological polar surface area (TPSA) is 118 Å². The maximum Gasteiger partial charge on any atom is 0.264 e. The summed E-state index contributed by atoms with van der Waals surface area (Å²) >= 11 is 0. The van der Waals surface area contributed by atoms with E-state index in [1.54, 1.807) is 0 Å². The van der Waals surface area contributed by atoms with Gasteiger partial charge in [0.1, 0.15) is 6.33 Å². The molecule has 154 valence electrons. The van der Waals surface area contributed by atoms with Crippen molar-refractivity contribution in [3.8, 4) is 22.5 Å². The summed E-state index contributed by atoms with van der Waals surface area (Å²) in [4.78, 5) is 17.6. The molecule has 2 N–H and O–H groups in total. The van der Waals surface area contributed by atoms with Crippen LogP contribution in [0.25, 0.3) is 28.3 Å². The molecule has 0 radical (unpaired) electrons. The van der Waals surface area contributed by atoms with Crippen LogP contribution in [-0.4, -0.2) is 40.2 Å². The third-order valence-corrected chi connectivity index (χ3v) is 5.28. The van der Waals surface area contributed by atoms with Crippen molar-refractivity contribution in [3.05, 3.63) is 82.0 Å². The Morgan fingerprint density at radius 2 is 1.84 bits per heavy atom. The van der Waals surface area contributed by atoms with Crippen LogP contribution in [0, 0.1) is 0 Å². The fourth-order valence-corrected chi connectivity index (χ4v) is 3.78. The third-order valence-electron chi connectivity index (χ3n) is 5.28. The first-order valence-electron chi connectivity index (χ1n) is 10.1. The lowest BCUT2D eigenvalue weighted by molar-refractivity contribution is 0.837. The Morgan fingerprint density at radius 3 is 2.58 bits per heavy atom. The minimum Gasteiger partial charge on any atom is -0.268 e. The summed E-state index contributed by atoms with van der Waals surface area (Å²) in [5, 5.41) is 21.1. The molecule has 3 aromatic heterocycles. The largest absolute Gasteiger partial charge is 0.268 e. The van der Waals surface area contributed by atoms with Crippen molar-refractivity contribution in [2.24, 2.45) is 0 Å². The number of nitrogens with one attached hydrogen (secondary N) is 2. The summed E-state index contributed by atoms with van der Waals surface area (Å²) in [6.07, 6.45) is 3.65. The van der Waals surface area contributed by atoms with Gasteiger partial charge in [-0.05, 0) is 28.3 Å². The van der Waals surface area contributed by atoms with Crippen LogP contribution in [0.1, 0.15) is 30.2 Å². The van der Waals surface area contributed by atoms with Gasteiger partial charge < -0.3 is 0 Å². The molecule has 5 aromatic rings. The van der Waals surface area contributed by atoms with E-state index in [2.05, 4.69) is 54.9 Å². The lowest BCUT2D eigenvalue weighted by atomic mass is 9.96. The summed E-state index contributed by atoms with van der Waals surface area (Å²) in [7, 11) is 0. The first-order chi connectivity index (χ1) is 15.2. The van der Waals surface area contributed by atoms with Crippen LogP contribution in [0.2, 0.25) is 0 Å². The molecule has 0 amide bonds. The third kappa shape index (κ3) is 3.50. The van der Waals surface area contributed by atoms with Crippen molar-refractivity contribution < 1.29 is 0 Å². The van der Waals surface area contributed by atoms with Crippen molar-refractivity contribution in [3.63, 3.8) is 0 Å². The van der Waals surface area contributed by atoms with Gasteiger partial charge in [0, 0.05) is 17.5 Å². The summed E-state index contributed by atoms with van der Waals surface area (Å²) in [5.41, 5.74) is 5.46. The maximum absolute atomic E-state index is 13.0. The molecule has 0 aliphatic carbocycles. The minimum absolute atomic E-state index is 0.0753. The van der Waals surface area contributed by atoms with Gasteiger partial charge >= 0.3 is 0 Å². The van der Waals surface area contributed by atoms with E-state index in [-0.39, 0.29) is 5.56 Å². The SMILES string of the molecule is CCCc1nc2[nH]ncn2c(=O)c1Cc1ccc(-c2ccccc2-c2nn[nH]n2)cc1. The zero-order valence-electron chi connectivity index (χ0n) is 16.9. The number of tetrazole rings is 1. The Hall–Kier alpha value is -4.14. The molecular formula is C22H20N8O. The first-order valence-corrected chi connectivity index (χ1v) is 10.1. The lowest BCUT2D eigenvalue weighted by Gasteiger charge is -2.10. The minimum atomic E-state index is -0.0753. The smallest absolute Gasteiger partial charge is 0.264 e. The number of H-pyrrole nitrogens is 2. The molecule has 3 heterocycles. The van der Waals surface area contributed by atoms with Crippen molar-refractivity contribution in [2.45, 2.75) is 26.2 Å². The van der Waals surface area contributed by atoms with Crippen LogP contribution in [-0.2, 0) is 12.8 Å². The average Bonchev–Trinajstić information content (AvgIpc) is 3.49. The van der Waals surface area contributed by atoms with E-state index in [1.165, 1.54) is 10.7 Å². The molecule has 0 saturated carbocycles.